The molecule has 0 radical (unpaired) electrons. The molecule has 1 aliphatic heterocycles. The Hall–Kier alpha value is -2.45. The minimum absolute atomic E-state index is 0.102. The summed E-state index contributed by atoms with van der Waals surface area (Å²) in [6.45, 7) is 6.96. The molecule has 2 N–H and O–H groups in total. The van der Waals surface area contributed by atoms with Crippen molar-refractivity contribution in [3.8, 4) is 0 Å². The molecular formula is C19H26FN5O2. The Kier molecular flexibility index (Phi) is 7.18. The number of guanidine groups is 1. The number of rotatable bonds is 7. The van der Waals surface area contributed by atoms with Crippen LogP contribution in [0.25, 0.3) is 0 Å². The highest BCUT2D eigenvalue weighted by Gasteiger charge is 2.23. The maximum Gasteiger partial charge on any atom is 0.191 e. The second kappa shape index (κ2) is 10.0. The molecule has 0 bridgehead atoms. The topological polar surface area (TPSA) is 74.9 Å². The molecule has 1 atom stereocenters. The van der Waals surface area contributed by atoms with Crippen molar-refractivity contribution in [3.05, 3.63) is 53.7 Å². The van der Waals surface area contributed by atoms with Gasteiger partial charge >= 0.3 is 0 Å². The van der Waals surface area contributed by atoms with Crippen molar-refractivity contribution < 1.29 is 13.7 Å². The van der Waals surface area contributed by atoms with Crippen molar-refractivity contribution in [1.29, 1.82) is 0 Å². The largest absolute Gasteiger partial charge is 0.379 e. The van der Waals surface area contributed by atoms with E-state index in [1.165, 1.54) is 18.4 Å². The van der Waals surface area contributed by atoms with Crippen molar-refractivity contribution >= 4 is 5.96 Å². The van der Waals surface area contributed by atoms with Crippen LogP contribution >= 0.6 is 0 Å². The Morgan fingerprint density at radius 1 is 1.22 bits per heavy atom. The second-order valence-electron chi connectivity index (χ2n) is 6.28. The van der Waals surface area contributed by atoms with Crippen LogP contribution in [0.5, 0.6) is 0 Å². The minimum atomic E-state index is -0.227. The van der Waals surface area contributed by atoms with E-state index in [-0.39, 0.29) is 11.9 Å². The van der Waals surface area contributed by atoms with Crippen LogP contribution in [0.4, 0.5) is 4.39 Å². The van der Waals surface area contributed by atoms with Gasteiger partial charge in [0.15, 0.2) is 5.96 Å². The zero-order valence-corrected chi connectivity index (χ0v) is 15.5. The molecule has 0 saturated carbocycles. The standard InChI is InChI=1S/C19H26FN5O2/c1-2-21-19(22-13-17-7-10-27-24-17)23-14-18(25-8-11-26-12-9-25)15-3-5-16(20)6-4-15/h3-7,10,18H,2,8-9,11-14H2,1H3,(H2,21,22,23). The quantitative estimate of drug-likeness (QED) is 0.569. The molecule has 0 aliphatic carbocycles. The Bertz CT molecular complexity index is 699. The second-order valence-corrected chi connectivity index (χ2v) is 6.28. The molecule has 8 heteroatoms. The van der Waals surface area contributed by atoms with Gasteiger partial charge in [-0.05, 0) is 24.6 Å². The number of benzene rings is 1. The molecule has 0 spiro atoms. The predicted octanol–water partition coefficient (Wildman–Crippen LogP) is 1.94. The lowest BCUT2D eigenvalue weighted by atomic mass is 10.0. The number of morpholine rings is 1. The van der Waals surface area contributed by atoms with Gasteiger partial charge in [-0.3, -0.25) is 4.90 Å². The molecule has 2 aromatic rings. The molecule has 1 aliphatic rings. The van der Waals surface area contributed by atoms with Crippen LogP contribution in [0, 0.1) is 5.82 Å². The summed E-state index contributed by atoms with van der Waals surface area (Å²) in [6, 6.07) is 8.60. The van der Waals surface area contributed by atoms with Crippen molar-refractivity contribution in [2.45, 2.75) is 19.5 Å². The van der Waals surface area contributed by atoms with Crippen molar-refractivity contribution in [2.24, 2.45) is 4.99 Å². The van der Waals surface area contributed by atoms with Gasteiger partial charge in [-0.2, -0.15) is 0 Å². The molecule has 7 nitrogen and oxygen atoms in total. The molecular weight excluding hydrogens is 349 g/mol. The van der Waals surface area contributed by atoms with E-state index in [1.807, 2.05) is 19.1 Å². The molecule has 1 fully saturated rings. The number of nitrogens with zero attached hydrogens (tertiary/aromatic N) is 3. The molecule has 0 amide bonds. The maximum absolute atomic E-state index is 13.3. The summed E-state index contributed by atoms with van der Waals surface area (Å²) in [4.78, 5) is 6.90. The summed E-state index contributed by atoms with van der Waals surface area (Å²) in [5.74, 6) is 0.482. The van der Waals surface area contributed by atoms with E-state index in [1.54, 1.807) is 6.07 Å². The fourth-order valence-electron chi connectivity index (χ4n) is 3.05. The third-order valence-electron chi connectivity index (χ3n) is 4.44. The van der Waals surface area contributed by atoms with E-state index < -0.39 is 0 Å². The number of nitrogens with one attached hydrogen (secondary N) is 2. The van der Waals surface area contributed by atoms with Crippen LogP contribution in [0.1, 0.15) is 24.2 Å². The van der Waals surface area contributed by atoms with E-state index in [2.05, 4.69) is 25.7 Å². The molecule has 1 aromatic heterocycles. The lowest BCUT2D eigenvalue weighted by molar-refractivity contribution is 0.0170. The zero-order chi connectivity index (χ0) is 18.9. The molecule has 27 heavy (non-hydrogen) atoms. The fraction of sp³-hybridized carbons (Fsp3) is 0.474. The molecule has 3 rings (SSSR count). The molecule has 146 valence electrons. The van der Waals surface area contributed by atoms with Gasteiger partial charge in [0.25, 0.3) is 0 Å². The number of hydrogen-bond acceptors (Lipinski definition) is 5. The van der Waals surface area contributed by atoms with E-state index in [9.17, 15) is 4.39 Å². The van der Waals surface area contributed by atoms with Crippen LogP contribution in [-0.4, -0.2) is 55.4 Å². The van der Waals surface area contributed by atoms with Gasteiger partial charge in [0, 0.05) is 32.2 Å². The summed E-state index contributed by atoms with van der Waals surface area (Å²) in [7, 11) is 0. The van der Waals surface area contributed by atoms with Gasteiger partial charge < -0.3 is 19.9 Å². The van der Waals surface area contributed by atoms with Gasteiger partial charge in [0.2, 0.25) is 0 Å². The fourth-order valence-corrected chi connectivity index (χ4v) is 3.05. The van der Waals surface area contributed by atoms with Crippen LogP contribution in [0.3, 0.4) is 0 Å². The third-order valence-corrected chi connectivity index (χ3v) is 4.44. The van der Waals surface area contributed by atoms with Gasteiger partial charge in [-0.15, -0.1) is 0 Å². The maximum atomic E-state index is 13.3. The SMILES string of the molecule is CCNC(=NCc1ccon1)NCC(c1ccc(F)cc1)N1CCOCC1. The number of hydrogen-bond donors (Lipinski definition) is 2. The predicted molar refractivity (Wildman–Crippen MR) is 101 cm³/mol. The Labute approximate surface area is 158 Å². The van der Waals surface area contributed by atoms with E-state index in [0.29, 0.717) is 32.3 Å². The molecule has 2 heterocycles. The zero-order valence-electron chi connectivity index (χ0n) is 15.5. The normalized spacial score (nSPS) is 16.9. The minimum Gasteiger partial charge on any atom is -0.379 e. The lowest BCUT2D eigenvalue weighted by Crippen LogP contribution is -2.46. The molecule has 1 aromatic carbocycles. The highest BCUT2D eigenvalue weighted by atomic mass is 19.1. The van der Waals surface area contributed by atoms with Gasteiger partial charge in [0.05, 0.1) is 25.8 Å². The van der Waals surface area contributed by atoms with E-state index in [4.69, 9.17) is 9.26 Å². The van der Waals surface area contributed by atoms with Gasteiger partial charge in [-0.25, -0.2) is 9.38 Å². The summed E-state index contributed by atoms with van der Waals surface area (Å²) < 4.78 is 23.7. The van der Waals surface area contributed by atoms with Crippen LogP contribution in [0.2, 0.25) is 0 Å². The Balaban J connectivity index is 1.69. The number of aliphatic imine (C=N–C) groups is 1. The average molecular weight is 375 g/mol. The molecule has 1 unspecified atom stereocenters. The van der Waals surface area contributed by atoms with Gasteiger partial charge in [-0.1, -0.05) is 17.3 Å². The number of halogens is 1. The Morgan fingerprint density at radius 3 is 2.67 bits per heavy atom. The first-order chi connectivity index (χ1) is 13.3. The summed E-state index contributed by atoms with van der Waals surface area (Å²) >= 11 is 0. The van der Waals surface area contributed by atoms with Crippen LogP contribution in [-0.2, 0) is 11.3 Å². The summed E-state index contributed by atoms with van der Waals surface area (Å²) in [5.41, 5.74) is 1.84. The monoisotopic (exact) mass is 375 g/mol. The van der Waals surface area contributed by atoms with Crippen molar-refractivity contribution in [3.63, 3.8) is 0 Å². The first kappa shape index (κ1) is 19.3. The Morgan fingerprint density at radius 2 is 2.00 bits per heavy atom. The van der Waals surface area contributed by atoms with Crippen molar-refractivity contribution in [1.82, 2.24) is 20.7 Å². The summed E-state index contributed by atoms with van der Waals surface area (Å²) in [6.07, 6.45) is 1.54. The van der Waals surface area contributed by atoms with Crippen LogP contribution in [0.15, 0.2) is 46.1 Å². The van der Waals surface area contributed by atoms with Crippen LogP contribution < -0.4 is 10.6 Å². The van der Waals surface area contributed by atoms with Crippen molar-refractivity contribution in [2.75, 3.05) is 39.4 Å². The first-order valence-electron chi connectivity index (χ1n) is 9.25. The smallest absolute Gasteiger partial charge is 0.191 e. The van der Waals surface area contributed by atoms with E-state index in [0.717, 1.165) is 30.9 Å². The highest BCUT2D eigenvalue weighted by molar-refractivity contribution is 5.79. The number of ether oxygens (including phenoxy) is 1. The lowest BCUT2D eigenvalue weighted by Gasteiger charge is -2.35. The highest BCUT2D eigenvalue weighted by Crippen LogP contribution is 2.21. The van der Waals surface area contributed by atoms with E-state index >= 15 is 0 Å². The number of aromatic nitrogens is 1. The third kappa shape index (κ3) is 5.77. The summed E-state index contributed by atoms with van der Waals surface area (Å²) in [5, 5.41) is 10.5. The first-order valence-corrected chi connectivity index (χ1v) is 9.25. The molecule has 1 saturated heterocycles. The average Bonchev–Trinajstić information content (AvgIpc) is 3.22. The van der Waals surface area contributed by atoms with Gasteiger partial charge in [0.1, 0.15) is 17.8 Å².